The van der Waals surface area contributed by atoms with E-state index in [-0.39, 0.29) is 0 Å². The largest absolute Gasteiger partial charge is 0.508 e. The lowest BCUT2D eigenvalue weighted by Crippen LogP contribution is -2.11. The number of rotatable bonds is 8. The molecule has 0 bridgehead atoms. The summed E-state index contributed by atoms with van der Waals surface area (Å²) in [6.07, 6.45) is 2.58. The molecule has 108 valence electrons. The zero-order valence-electron chi connectivity index (χ0n) is 12.6. The van der Waals surface area contributed by atoms with E-state index in [4.69, 9.17) is 0 Å². The maximum atomic E-state index is 9.88. The van der Waals surface area contributed by atoms with Crippen LogP contribution in [-0.4, -0.2) is 35.6 Å². The van der Waals surface area contributed by atoms with E-state index >= 15 is 0 Å². The summed E-state index contributed by atoms with van der Waals surface area (Å²) in [7, 11) is 4.05. The first-order valence-electron chi connectivity index (χ1n) is 7.08. The van der Waals surface area contributed by atoms with Gasteiger partial charge in [0.1, 0.15) is 5.75 Å². The van der Waals surface area contributed by atoms with E-state index < -0.39 is 0 Å². The van der Waals surface area contributed by atoms with E-state index in [2.05, 4.69) is 30.9 Å². The first-order chi connectivity index (χ1) is 9.04. The molecule has 2 nitrogen and oxygen atoms in total. The van der Waals surface area contributed by atoms with Crippen molar-refractivity contribution in [1.29, 1.82) is 0 Å². The Morgan fingerprint density at radius 2 is 2.05 bits per heavy atom. The van der Waals surface area contributed by atoms with Crippen LogP contribution in [-0.2, 0) is 6.54 Å². The average molecular weight is 281 g/mol. The van der Waals surface area contributed by atoms with Crippen molar-refractivity contribution in [3.05, 3.63) is 29.3 Å². The highest BCUT2D eigenvalue weighted by molar-refractivity contribution is 7.99. The summed E-state index contributed by atoms with van der Waals surface area (Å²) >= 11 is 2.03. The van der Waals surface area contributed by atoms with Crippen LogP contribution in [0.4, 0.5) is 0 Å². The molecular formula is C16H27NOS. The molecule has 1 aromatic carbocycles. The minimum atomic E-state index is 0.406. The van der Waals surface area contributed by atoms with Crippen molar-refractivity contribution in [2.24, 2.45) is 0 Å². The monoisotopic (exact) mass is 281 g/mol. The Labute approximate surface area is 122 Å². The van der Waals surface area contributed by atoms with Gasteiger partial charge >= 0.3 is 0 Å². The molecule has 19 heavy (non-hydrogen) atoms. The molecule has 0 aromatic heterocycles. The van der Waals surface area contributed by atoms with Gasteiger partial charge in [-0.05, 0) is 49.6 Å². The molecule has 0 aliphatic heterocycles. The van der Waals surface area contributed by atoms with Gasteiger partial charge < -0.3 is 10.0 Å². The van der Waals surface area contributed by atoms with E-state index in [9.17, 15) is 5.11 Å². The zero-order valence-corrected chi connectivity index (χ0v) is 13.5. The minimum Gasteiger partial charge on any atom is -0.508 e. The average Bonchev–Trinajstić information content (AvgIpc) is 2.36. The summed E-state index contributed by atoms with van der Waals surface area (Å²) in [6.45, 7) is 5.29. The fourth-order valence-corrected chi connectivity index (χ4v) is 3.19. The molecule has 3 heteroatoms. The third-order valence-corrected chi connectivity index (χ3v) is 4.48. The Balaban J connectivity index is 2.61. The molecule has 1 atom stereocenters. The van der Waals surface area contributed by atoms with Crippen molar-refractivity contribution in [3.8, 4) is 5.75 Å². The fraction of sp³-hybridized carbons (Fsp3) is 0.625. The molecule has 0 saturated carbocycles. The van der Waals surface area contributed by atoms with Crippen LogP contribution in [0.5, 0.6) is 5.75 Å². The van der Waals surface area contributed by atoms with Crippen LogP contribution in [0.2, 0.25) is 0 Å². The highest BCUT2D eigenvalue weighted by Gasteiger charge is 2.09. The Morgan fingerprint density at radius 3 is 2.68 bits per heavy atom. The minimum absolute atomic E-state index is 0.406. The van der Waals surface area contributed by atoms with Gasteiger partial charge in [0.05, 0.1) is 0 Å². The second-order valence-electron chi connectivity index (χ2n) is 5.46. The standard InChI is InChI=1S/C16H27NOS/c1-5-6-9-19-12-13(2)14-7-8-16(18)15(10-14)11-17(3)4/h7-8,10,13,18H,5-6,9,11-12H2,1-4H3. The van der Waals surface area contributed by atoms with Crippen LogP contribution in [0, 0.1) is 0 Å². The van der Waals surface area contributed by atoms with Gasteiger partial charge in [0.15, 0.2) is 0 Å². The SMILES string of the molecule is CCCCSCC(C)c1ccc(O)c(CN(C)C)c1. The van der Waals surface area contributed by atoms with Gasteiger partial charge in [-0.2, -0.15) is 11.8 Å². The highest BCUT2D eigenvalue weighted by atomic mass is 32.2. The summed E-state index contributed by atoms with van der Waals surface area (Å²) in [5, 5.41) is 9.88. The molecule has 0 radical (unpaired) electrons. The Bertz CT molecular complexity index is 379. The molecule has 0 heterocycles. The number of unbranched alkanes of at least 4 members (excludes halogenated alkanes) is 1. The number of nitrogens with zero attached hydrogens (tertiary/aromatic N) is 1. The molecule has 0 saturated heterocycles. The molecule has 0 fully saturated rings. The fourth-order valence-electron chi connectivity index (χ4n) is 1.98. The Kier molecular flexibility index (Phi) is 7.32. The van der Waals surface area contributed by atoms with E-state index in [1.807, 2.05) is 31.9 Å². The Morgan fingerprint density at radius 1 is 1.32 bits per heavy atom. The second-order valence-corrected chi connectivity index (χ2v) is 6.61. The number of aromatic hydroxyl groups is 1. The predicted molar refractivity (Wildman–Crippen MR) is 86.1 cm³/mol. The van der Waals surface area contributed by atoms with Crippen molar-refractivity contribution >= 4 is 11.8 Å². The zero-order chi connectivity index (χ0) is 14.3. The first kappa shape index (κ1) is 16.4. The molecule has 0 spiro atoms. The summed E-state index contributed by atoms with van der Waals surface area (Å²) in [4.78, 5) is 2.08. The predicted octanol–water partition coefficient (Wildman–Crippen LogP) is 4.09. The third kappa shape index (κ3) is 5.87. The van der Waals surface area contributed by atoms with Gasteiger partial charge in [-0.25, -0.2) is 0 Å². The van der Waals surface area contributed by atoms with Crippen molar-refractivity contribution in [1.82, 2.24) is 4.90 Å². The molecule has 1 N–H and O–H groups in total. The number of hydrogen-bond acceptors (Lipinski definition) is 3. The van der Waals surface area contributed by atoms with Crippen LogP contribution in [0.1, 0.15) is 43.7 Å². The van der Waals surface area contributed by atoms with Crippen LogP contribution >= 0.6 is 11.8 Å². The van der Waals surface area contributed by atoms with Crippen LogP contribution in [0.3, 0.4) is 0 Å². The number of benzene rings is 1. The van der Waals surface area contributed by atoms with Crippen molar-refractivity contribution in [2.75, 3.05) is 25.6 Å². The lowest BCUT2D eigenvalue weighted by atomic mass is 10.00. The van der Waals surface area contributed by atoms with Crippen molar-refractivity contribution in [3.63, 3.8) is 0 Å². The van der Waals surface area contributed by atoms with Gasteiger partial charge in [-0.3, -0.25) is 0 Å². The van der Waals surface area contributed by atoms with Gasteiger partial charge in [0, 0.05) is 12.1 Å². The molecule has 0 amide bonds. The molecule has 0 aliphatic rings. The van der Waals surface area contributed by atoms with Crippen LogP contribution < -0.4 is 0 Å². The van der Waals surface area contributed by atoms with Crippen molar-refractivity contribution < 1.29 is 5.11 Å². The van der Waals surface area contributed by atoms with Gasteiger partial charge in [-0.1, -0.05) is 32.4 Å². The maximum absolute atomic E-state index is 9.88. The Hall–Kier alpha value is -0.670. The number of phenolic OH excluding ortho intramolecular Hbond substituents is 1. The van der Waals surface area contributed by atoms with E-state index in [0.717, 1.165) is 17.9 Å². The van der Waals surface area contributed by atoms with Crippen molar-refractivity contribution in [2.45, 2.75) is 39.2 Å². The van der Waals surface area contributed by atoms with Gasteiger partial charge in [-0.15, -0.1) is 0 Å². The normalized spacial score (nSPS) is 12.9. The topological polar surface area (TPSA) is 23.5 Å². The summed E-state index contributed by atoms with van der Waals surface area (Å²) in [5.74, 6) is 3.36. The van der Waals surface area contributed by atoms with Gasteiger partial charge in [0.2, 0.25) is 0 Å². The molecule has 0 aliphatic carbocycles. The van der Waals surface area contributed by atoms with Crippen LogP contribution in [0.25, 0.3) is 0 Å². The quantitative estimate of drug-likeness (QED) is 0.726. The summed E-state index contributed by atoms with van der Waals surface area (Å²) in [5.41, 5.74) is 2.35. The lowest BCUT2D eigenvalue weighted by Gasteiger charge is -2.16. The summed E-state index contributed by atoms with van der Waals surface area (Å²) < 4.78 is 0. The number of phenols is 1. The number of hydrogen-bond donors (Lipinski definition) is 1. The molecule has 1 aromatic rings. The smallest absolute Gasteiger partial charge is 0.120 e. The molecule has 1 rings (SSSR count). The van der Waals surface area contributed by atoms with E-state index in [1.165, 1.54) is 24.2 Å². The second kappa shape index (κ2) is 8.49. The number of thioether (sulfide) groups is 1. The molecular weight excluding hydrogens is 254 g/mol. The van der Waals surface area contributed by atoms with E-state index in [1.54, 1.807) is 0 Å². The summed E-state index contributed by atoms with van der Waals surface area (Å²) in [6, 6.07) is 6.04. The first-order valence-corrected chi connectivity index (χ1v) is 8.24. The van der Waals surface area contributed by atoms with E-state index in [0.29, 0.717) is 11.7 Å². The maximum Gasteiger partial charge on any atom is 0.120 e. The molecule has 1 unspecified atom stereocenters. The lowest BCUT2D eigenvalue weighted by molar-refractivity contribution is 0.385. The van der Waals surface area contributed by atoms with Gasteiger partial charge in [0.25, 0.3) is 0 Å². The highest BCUT2D eigenvalue weighted by Crippen LogP contribution is 2.26. The third-order valence-electron chi connectivity index (χ3n) is 3.17. The van der Waals surface area contributed by atoms with Crippen LogP contribution in [0.15, 0.2) is 18.2 Å².